The van der Waals surface area contributed by atoms with Crippen molar-refractivity contribution < 1.29 is 8.78 Å². The van der Waals surface area contributed by atoms with E-state index in [0.29, 0.717) is 6.42 Å². The second-order valence-electron chi connectivity index (χ2n) is 2.49. The second kappa shape index (κ2) is 1.67. The number of rotatable bonds is 0. The molecule has 0 spiro atoms. The molecule has 1 rings (SSSR count). The monoisotopic (exact) mass is 119 g/mol. The van der Waals surface area contributed by atoms with Crippen LogP contribution in [0.2, 0.25) is 0 Å². The van der Waals surface area contributed by atoms with E-state index in [1.807, 2.05) is 0 Å². The third kappa shape index (κ3) is 1.17. The summed E-state index contributed by atoms with van der Waals surface area (Å²) in [6.07, 6.45) is 0.707. The summed E-state index contributed by atoms with van der Waals surface area (Å²) in [7, 11) is 0. The van der Waals surface area contributed by atoms with E-state index < -0.39 is 5.92 Å². The molecule has 1 fully saturated rings. The van der Waals surface area contributed by atoms with E-state index in [1.54, 1.807) is 6.92 Å². The van der Waals surface area contributed by atoms with E-state index in [0.717, 1.165) is 5.92 Å². The van der Waals surface area contributed by atoms with Crippen molar-refractivity contribution in [2.75, 3.05) is 0 Å². The summed E-state index contributed by atoms with van der Waals surface area (Å²) in [5.41, 5.74) is 0. The molecule has 47 valence electrons. The molecule has 0 aliphatic heterocycles. The average molecular weight is 119 g/mol. The van der Waals surface area contributed by atoms with Gasteiger partial charge in [-0.05, 0) is 12.3 Å². The zero-order chi connectivity index (χ0) is 6.20. The van der Waals surface area contributed by atoms with Crippen LogP contribution in [0.15, 0.2) is 0 Å². The Morgan fingerprint density at radius 2 is 2.12 bits per heavy atom. The Hall–Kier alpha value is -0.140. The van der Waals surface area contributed by atoms with Crippen LogP contribution < -0.4 is 0 Å². The maximum Gasteiger partial charge on any atom is 0.248 e. The fraction of sp³-hybridized carbons (Fsp3) is 0.833. The first kappa shape index (κ1) is 5.99. The van der Waals surface area contributed by atoms with Gasteiger partial charge >= 0.3 is 0 Å². The first-order valence-electron chi connectivity index (χ1n) is 2.79. The van der Waals surface area contributed by atoms with Crippen molar-refractivity contribution in [3.63, 3.8) is 0 Å². The molecule has 0 N–H and O–H groups in total. The predicted molar refractivity (Wildman–Crippen MR) is 27.7 cm³/mol. The van der Waals surface area contributed by atoms with E-state index in [-0.39, 0.29) is 12.8 Å². The van der Waals surface area contributed by atoms with Gasteiger partial charge in [0, 0.05) is 12.8 Å². The van der Waals surface area contributed by atoms with Gasteiger partial charge in [0.05, 0.1) is 0 Å². The molecular formula is C6H9F2. The molecule has 0 amide bonds. The Morgan fingerprint density at radius 1 is 1.50 bits per heavy atom. The molecule has 1 aliphatic rings. The lowest BCUT2D eigenvalue weighted by Gasteiger charge is -2.04. The molecular weight excluding hydrogens is 110 g/mol. The standard InChI is InChI=1S/C6H9F2/c1-5-2-3-6(7,8)4-5/h2-4H2,1H3. The molecule has 0 saturated heterocycles. The highest BCUT2D eigenvalue weighted by atomic mass is 19.3. The molecule has 0 atom stereocenters. The minimum atomic E-state index is -2.37. The van der Waals surface area contributed by atoms with Crippen LogP contribution in [0.3, 0.4) is 0 Å². The lowest BCUT2D eigenvalue weighted by molar-refractivity contribution is 0.0109. The largest absolute Gasteiger partial charge is 0.248 e. The Balaban J connectivity index is 2.44. The van der Waals surface area contributed by atoms with Gasteiger partial charge in [-0.1, -0.05) is 6.92 Å². The van der Waals surface area contributed by atoms with Gasteiger partial charge in [-0.25, -0.2) is 8.78 Å². The summed E-state index contributed by atoms with van der Waals surface area (Å²) in [6.45, 7) is 1.79. The molecule has 0 aromatic rings. The van der Waals surface area contributed by atoms with Gasteiger partial charge in [0.1, 0.15) is 0 Å². The highest BCUT2D eigenvalue weighted by molar-refractivity contribution is 4.97. The van der Waals surface area contributed by atoms with E-state index in [2.05, 4.69) is 0 Å². The minimum Gasteiger partial charge on any atom is -0.207 e. The summed E-state index contributed by atoms with van der Waals surface area (Å²) >= 11 is 0. The fourth-order valence-corrected chi connectivity index (χ4v) is 1.01. The quantitative estimate of drug-likeness (QED) is 0.459. The third-order valence-electron chi connectivity index (χ3n) is 1.48. The first-order chi connectivity index (χ1) is 3.60. The van der Waals surface area contributed by atoms with Gasteiger partial charge in [0.2, 0.25) is 5.92 Å². The van der Waals surface area contributed by atoms with Crippen LogP contribution in [0.5, 0.6) is 0 Å². The first-order valence-corrected chi connectivity index (χ1v) is 2.79. The van der Waals surface area contributed by atoms with Gasteiger partial charge in [0.25, 0.3) is 0 Å². The molecule has 0 heterocycles. The molecule has 0 nitrogen and oxygen atoms in total. The highest BCUT2D eigenvalue weighted by Gasteiger charge is 2.37. The lowest BCUT2D eigenvalue weighted by Crippen LogP contribution is -2.08. The van der Waals surface area contributed by atoms with Crippen molar-refractivity contribution in [3.05, 3.63) is 5.92 Å². The van der Waals surface area contributed by atoms with Crippen LogP contribution in [0.4, 0.5) is 8.78 Å². The molecule has 8 heavy (non-hydrogen) atoms. The van der Waals surface area contributed by atoms with E-state index in [1.165, 1.54) is 0 Å². The number of alkyl halides is 2. The molecule has 1 aliphatic carbocycles. The van der Waals surface area contributed by atoms with Crippen LogP contribution in [-0.2, 0) is 0 Å². The van der Waals surface area contributed by atoms with Crippen molar-refractivity contribution in [2.24, 2.45) is 0 Å². The van der Waals surface area contributed by atoms with Crippen molar-refractivity contribution in [2.45, 2.75) is 32.1 Å². The lowest BCUT2D eigenvalue weighted by atomic mass is 10.1. The highest BCUT2D eigenvalue weighted by Crippen LogP contribution is 2.39. The maximum atomic E-state index is 12.2. The van der Waals surface area contributed by atoms with Crippen LogP contribution in [-0.4, -0.2) is 5.92 Å². The Kier molecular flexibility index (Phi) is 1.25. The van der Waals surface area contributed by atoms with Crippen LogP contribution in [0, 0.1) is 5.92 Å². The minimum absolute atomic E-state index is 0.0208. The molecule has 0 aromatic heterocycles. The van der Waals surface area contributed by atoms with Gasteiger partial charge in [-0.2, -0.15) is 0 Å². The SMILES string of the molecule is C[C]1CCC(F)(F)C1. The molecule has 1 radical (unpaired) electrons. The van der Waals surface area contributed by atoms with Crippen LogP contribution in [0.25, 0.3) is 0 Å². The molecule has 2 heteroatoms. The van der Waals surface area contributed by atoms with Crippen molar-refractivity contribution in [3.8, 4) is 0 Å². The summed E-state index contributed by atoms with van der Waals surface area (Å²) in [4.78, 5) is 0. The second-order valence-corrected chi connectivity index (χ2v) is 2.49. The van der Waals surface area contributed by atoms with Gasteiger partial charge < -0.3 is 0 Å². The van der Waals surface area contributed by atoms with Gasteiger partial charge in [-0.3, -0.25) is 0 Å². The number of hydrogen-bond donors (Lipinski definition) is 0. The maximum absolute atomic E-state index is 12.2. The number of hydrogen-bond acceptors (Lipinski definition) is 0. The molecule has 0 aromatic carbocycles. The fourth-order valence-electron chi connectivity index (χ4n) is 1.01. The summed E-state index contributed by atoms with van der Waals surface area (Å²) in [5, 5.41) is 0. The number of halogens is 2. The van der Waals surface area contributed by atoms with Gasteiger partial charge in [0.15, 0.2) is 0 Å². The van der Waals surface area contributed by atoms with Crippen LogP contribution >= 0.6 is 0 Å². The summed E-state index contributed by atoms with van der Waals surface area (Å²) in [6, 6.07) is 0. The van der Waals surface area contributed by atoms with E-state index >= 15 is 0 Å². The molecule has 0 unspecified atom stereocenters. The predicted octanol–water partition coefficient (Wildman–Crippen LogP) is 2.40. The smallest absolute Gasteiger partial charge is 0.207 e. The Morgan fingerprint density at radius 3 is 2.25 bits per heavy atom. The third-order valence-corrected chi connectivity index (χ3v) is 1.48. The zero-order valence-corrected chi connectivity index (χ0v) is 4.88. The summed E-state index contributed by atoms with van der Waals surface area (Å²) in [5.74, 6) is -1.43. The van der Waals surface area contributed by atoms with Crippen molar-refractivity contribution >= 4 is 0 Å². The van der Waals surface area contributed by atoms with Crippen LogP contribution in [0.1, 0.15) is 26.2 Å². The summed E-state index contributed by atoms with van der Waals surface area (Å²) < 4.78 is 24.3. The Labute approximate surface area is 47.9 Å². The van der Waals surface area contributed by atoms with Crippen molar-refractivity contribution in [1.29, 1.82) is 0 Å². The van der Waals surface area contributed by atoms with E-state index in [9.17, 15) is 8.78 Å². The van der Waals surface area contributed by atoms with Gasteiger partial charge in [-0.15, -0.1) is 0 Å². The topological polar surface area (TPSA) is 0 Å². The van der Waals surface area contributed by atoms with E-state index in [4.69, 9.17) is 0 Å². The molecule has 0 bridgehead atoms. The van der Waals surface area contributed by atoms with Crippen molar-refractivity contribution in [1.82, 2.24) is 0 Å². The zero-order valence-electron chi connectivity index (χ0n) is 4.88. The Bertz CT molecular complexity index is 88.5. The molecule has 1 saturated carbocycles. The normalized spacial score (nSPS) is 28.9. The average Bonchev–Trinajstić information content (AvgIpc) is 1.82.